The highest BCUT2D eigenvalue weighted by Crippen LogP contribution is 2.32. The van der Waals surface area contributed by atoms with Crippen LogP contribution in [0.4, 0.5) is 20.2 Å². The van der Waals surface area contributed by atoms with Crippen LogP contribution in [0.5, 0.6) is 0 Å². The van der Waals surface area contributed by atoms with Gasteiger partial charge in [-0.05, 0) is 44.3 Å². The summed E-state index contributed by atoms with van der Waals surface area (Å²) in [5.74, 6) is -0.582. The average Bonchev–Trinajstić information content (AvgIpc) is 2.45. The maximum atomic E-state index is 14.1. The number of rotatable bonds is 4. The molecule has 1 N–H and O–H groups in total. The predicted molar refractivity (Wildman–Crippen MR) is 78.3 cm³/mol. The average molecular weight is 276 g/mol. The molecule has 4 heteroatoms. The molecule has 0 heterocycles. The summed E-state index contributed by atoms with van der Waals surface area (Å²) < 4.78 is 27.4. The number of benzene rings is 2. The zero-order valence-corrected chi connectivity index (χ0v) is 11.8. The zero-order chi connectivity index (χ0) is 14.7. The van der Waals surface area contributed by atoms with Crippen LogP contribution in [0.25, 0.3) is 0 Å². The van der Waals surface area contributed by atoms with E-state index in [0.29, 0.717) is 11.3 Å². The van der Waals surface area contributed by atoms with Crippen LogP contribution >= 0.6 is 0 Å². The molecule has 1 atom stereocenters. The highest BCUT2D eigenvalue weighted by Gasteiger charge is 2.17. The Balaban J connectivity index is 2.49. The largest absolute Gasteiger partial charge is 0.344 e. The summed E-state index contributed by atoms with van der Waals surface area (Å²) >= 11 is 0. The van der Waals surface area contributed by atoms with Gasteiger partial charge in [0, 0.05) is 30.0 Å². The Kier molecular flexibility index (Phi) is 4.35. The second-order valence-corrected chi connectivity index (χ2v) is 4.72. The lowest BCUT2D eigenvalue weighted by molar-refractivity contribution is 0.562. The Morgan fingerprint density at radius 1 is 1.10 bits per heavy atom. The zero-order valence-electron chi connectivity index (χ0n) is 11.8. The maximum Gasteiger partial charge on any atom is 0.130 e. The molecule has 0 fully saturated rings. The van der Waals surface area contributed by atoms with Gasteiger partial charge in [0.05, 0.1) is 0 Å². The van der Waals surface area contributed by atoms with Crippen molar-refractivity contribution in [3.05, 3.63) is 59.7 Å². The van der Waals surface area contributed by atoms with Gasteiger partial charge in [-0.1, -0.05) is 12.1 Å². The van der Waals surface area contributed by atoms with Gasteiger partial charge in [0.15, 0.2) is 0 Å². The minimum Gasteiger partial charge on any atom is -0.344 e. The molecule has 0 aromatic heterocycles. The van der Waals surface area contributed by atoms with Crippen molar-refractivity contribution in [2.45, 2.75) is 13.0 Å². The summed E-state index contributed by atoms with van der Waals surface area (Å²) in [7, 11) is 3.58. The van der Waals surface area contributed by atoms with Crippen LogP contribution in [0.2, 0.25) is 0 Å². The van der Waals surface area contributed by atoms with Crippen molar-refractivity contribution >= 4 is 11.4 Å². The molecule has 0 radical (unpaired) electrons. The van der Waals surface area contributed by atoms with Crippen LogP contribution < -0.4 is 10.2 Å². The van der Waals surface area contributed by atoms with Gasteiger partial charge < -0.3 is 10.2 Å². The van der Waals surface area contributed by atoms with Crippen LogP contribution in [0.15, 0.2) is 42.5 Å². The van der Waals surface area contributed by atoms with E-state index < -0.39 is 0 Å². The molecule has 0 aliphatic carbocycles. The molecule has 20 heavy (non-hydrogen) atoms. The highest BCUT2D eigenvalue weighted by atomic mass is 19.1. The smallest absolute Gasteiger partial charge is 0.130 e. The van der Waals surface area contributed by atoms with Gasteiger partial charge in [0.25, 0.3) is 0 Å². The topological polar surface area (TPSA) is 15.3 Å². The number of hydrogen-bond acceptors (Lipinski definition) is 2. The van der Waals surface area contributed by atoms with Crippen LogP contribution in [0.1, 0.15) is 18.5 Å². The van der Waals surface area contributed by atoms with Gasteiger partial charge in [-0.25, -0.2) is 8.78 Å². The Morgan fingerprint density at radius 2 is 1.80 bits per heavy atom. The lowest BCUT2D eigenvalue weighted by atomic mass is 10.0. The molecule has 2 aromatic rings. The van der Waals surface area contributed by atoms with Crippen LogP contribution in [0, 0.1) is 11.6 Å². The van der Waals surface area contributed by atoms with Gasteiger partial charge in [0.1, 0.15) is 11.6 Å². The number of anilines is 2. The van der Waals surface area contributed by atoms with Crippen molar-refractivity contribution in [1.82, 2.24) is 5.32 Å². The molecule has 2 rings (SSSR count). The van der Waals surface area contributed by atoms with E-state index in [0.717, 1.165) is 5.69 Å². The first-order chi connectivity index (χ1) is 9.54. The second-order valence-electron chi connectivity index (χ2n) is 4.72. The van der Waals surface area contributed by atoms with Crippen molar-refractivity contribution in [3.63, 3.8) is 0 Å². The summed E-state index contributed by atoms with van der Waals surface area (Å²) in [6, 6.07) is 11.0. The summed E-state index contributed by atoms with van der Waals surface area (Å²) in [6.07, 6.45) is 0. The fourth-order valence-corrected chi connectivity index (χ4v) is 2.21. The summed E-state index contributed by atoms with van der Waals surface area (Å²) in [5.41, 5.74) is 1.97. The van der Waals surface area contributed by atoms with Gasteiger partial charge in [-0.2, -0.15) is 0 Å². The van der Waals surface area contributed by atoms with E-state index in [9.17, 15) is 8.78 Å². The van der Waals surface area contributed by atoms with Crippen LogP contribution in [0.3, 0.4) is 0 Å². The van der Waals surface area contributed by atoms with Crippen molar-refractivity contribution < 1.29 is 8.78 Å². The van der Waals surface area contributed by atoms with Crippen molar-refractivity contribution in [1.29, 1.82) is 0 Å². The van der Waals surface area contributed by atoms with E-state index in [1.165, 1.54) is 18.2 Å². The Hall–Kier alpha value is -1.94. The molecule has 1 unspecified atom stereocenters. The van der Waals surface area contributed by atoms with E-state index >= 15 is 0 Å². The molecule has 0 spiro atoms. The molecule has 0 bridgehead atoms. The maximum absolute atomic E-state index is 14.1. The normalized spacial score (nSPS) is 12.2. The monoisotopic (exact) mass is 276 g/mol. The molecular weight excluding hydrogens is 258 g/mol. The first kappa shape index (κ1) is 14.5. The predicted octanol–water partition coefficient (Wildman–Crippen LogP) is 4.01. The van der Waals surface area contributed by atoms with Crippen LogP contribution in [-0.2, 0) is 0 Å². The van der Waals surface area contributed by atoms with Gasteiger partial charge in [-0.3, -0.25) is 0 Å². The third-order valence-electron chi connectivity index (χ3n) is 3.45. The van der Waals surface area contributed by atoms with Crippen LogP contribution in [-0.4, -0.2) is 14.1 Å². The lowest BCUT2D eigenvalue weighted by Crippen LogP contribution is -2.19. The molecule has 2 nitrogen and oxygen atoms in total. The van der Waals surface area contributed by atoms with Gasteiger partial charge >= 0.3 is 0 Å². The van der Waals surface area contributed by atoms with Crippen molar-refractivity contribution in [2.24, 2.45) is 0 Å². The van der Waals surface area contributed by atoms with Crippen molar-refractivity contribution in [2.75, 3.05) is 19.0 Å². The molecule has 106 valence electrons. The van der Waals surface area contributed by atoms with Crippen molar-refractivity contribution in [3.8, 4) is 0 Å². The molecule has 0 aliphatic heterocycles. The lowest BCUT2D eigenvalue weighted by Gasteiger charge is -2.25. The van der Waals surface area contributed by atoms with E-state index in [-0.39, 0.29) is 17.7 Å². The third kappa shape index (κ3) is 2.80. The Bertz CT molecular complexity index is 599. The van der Waals surface area contributed by atoms with E-state index in [1.807, 2.05) is 13.0 Å². The fraction of sp³-hybridized carbons (Fsp3) is 0.250. The first-order valence-electron chi connectivity index (χ1n) is 6.49. The SMILES string of the molecule is CNC(C)c1c(F)cccc1N(C)c1cccc(F)c1. The minimum atomic E-state index is -0.311. The van der Waals surface area contributed by atoms with E-state index in [2.05, 4.69) is 5.32 Å². The summed E-state index contributed by atoms with van der Waals surface area (Å²) in [5, 5.41) is 3.04. The minimum absolute atomic E-state index is 0.137. The number of nitrogens with zero attached hydrogens (tertiary/aromatic N) is 1. The summed E-state index contributed by atoms with van der Waals surface area (Å²) in [4.78, 5) is 1.79. The molecule has 0 aliphatic rings. The number of hydrogen-bond donors (Lipinski definition) is 1. The van der Waals surface area contributed by atoms with E-state index in [4.69, 9.17) is 0 Å². The quantitative estimate of drug-likeness (QED) is 0.907. The Labute approximate surface area is 118 Å². The summed E-state index contributed by atoms with van der Waals surface area (Å²) in [6.45, 7) is 1.89. The second kappa shape index (κ2) is 6.01. The first-order valence-corrected chi connectivity index (χ1v) is 6.49. The number of halogens is 2. The molecule has 0 amide bonds. The molecule has 0 saturated carbocycles. The highest BCUT2D eigenvalue weighted by molar-refractivity contribution is 5.66. The molecular formula is C16H18F2N2. The number of nitrogens with one attached hydrogen (secondary N) is 1. The third-order valence-corrected chi connectivity index (χ3v) is 3.45. The molecule has 0 saturated heterocycles. The Morgan fingerprint density at radius 3 is 2.45 bits per heavy atom. The van der Waals surface area contributed by atoms with E-state index in [1.54, 1.807) is 37.2 Å². The van der Waals surface area contributed by atoms with Gasteiger partial charge in [-0.15, -0.1) is 0 Å². The fourth-order valence-electron chi connectivity index (χ4n) is 2.21. The molecule has 2 aromatic carbocycles. The van der Waals surface area contributed by atoms with Gasteiger partial charge in [0.2, 0.25) is 0 Å². The standard InChI is InChI=1S/C16H18F2N2/c1-11(19-2)16-14(18)8-5-9-15(16)20(3)13-7-4-6-12(17)10-13/h4-11,19H,1-3H3.